The zero-order chi connectivity index (χ0) is 17.0. The van der Waals surface area contributed by atoms with Crippen molar-refractivity contribution in [3.05, 3.63) is 23.8 Å². The lowest BCUT2D eigenvalue weighted by molar-refractivity contribution is 0.0988. The number of benzene rings is 1. The van der Waals surface area contributed by atoms with E-state index in [0.717, 1.165) is 30.4 Å². The second-order valence-corrected chi connectivity index (χ2v) is 7.51. The van der Waals surface area contributed by atoms with Crippen LogP contribution in [0.1, 0.15) is 53.5 Å². The molecule has 1 aliphatic heterocycles. The topological polar surface area (TPSA) is 21.7 Å². The summed E-state index contributed by atoms with van der Waals surface area (Å²) in [6.45, 7) is 15.4. The Morgan fingerprint density at radius 3 is 2.35 bits per heavy atom. The zero-order valence-electron chi connectivity index (χ0n) is 15.6. The minimum Gasteiger partial charge on any atom is -0.454 e. The van der Waals surface area contributed by atoms with Crippen molar-refractivity contribution in [1.82, 2.24) is 4.90 Å². The Kier molecular flexibility index (Phi) is 6.34. The molecule has 3 heteroatoms. The van der Waals surface area contributed by atoms with E-state index in [4.69, 9.17) is 9.47 Å². The molecule has 0 N–H and O–H groups in total. The fourth-order valence-corrected chi connectivity index (χ4v) is 3.67. The maximum atomic E-state index is 5.51. The highest BCUT2D eigenvalue weighted by atomic mass is 16.7. The van der Waals surface area contributed by atoms with Crippen LogP contribution < -0.4 is 9.47 Å². The van der Waals surface area contributed by atoms with Crippen molar-refractivity contribution in [2.75, 3.05) is 13.3 Å². The molecular formula is C20H33NO2. The molecule has 0 aliphatic carbocycles. The second kappa shape index (κ2) is 8.05. The van der Waals surface area contributed by atoms with Gasteiger partial charge in [0.25, 0.3) is 0 Å². The third-order valence-electron chi connectivity index (χ3n) is 4.81. The van der Waals surface area contributed by atoms with Gasteiger partial charge in [-0.1, -0.05) is 40.7 Å². The van der Waals surface area contributed by atoms with Crippen LogP contribution in [0.4, 0.5) is 0 Å². The fourth-order valence-electron chi connectivity index (χ4n) is 3.67. The number of nitrogens with zero attached hydrogens (tertiary/aromatic N) is 1. The number of ether oxygens (including phenoxy) is 2. The SMILES string of the molecule is CCN(C(C)Cc1ccc2c(c1)OCO2)C(CC(C)C)C(C)C. The maximum Gasteiger partial charge on any atom is 0.231 e. The first kappa shape index (κ1) is 18.1. The quantitative estimate of drug-likeness (QED) is 0.691. The van der Waals surface area contributed by atoms with Crippen molar-refractivity contribution in [3.8, 4) is 11.5 Å². The van der Waals surface area contributed by atoms with Crippen LogP contribution >= 0.6 is 0 Å². The van der Waals surface area contributed by atoms with Gasteiger partial charge in [0.1, 0.15) is 0 Å². The van der Waals surface area contributed by atoms with Gasteiger partial charge in [0.2, 0.25) is 6.79 Å². The number of hydrogen-bond acceptors (Lipinski definition) is 3. The number of rotatable bonds is 8. The summed E-state index contributed by atoms with van der Waals surface area (Å²) in [7, 11) is 0. The summed E-state index contributed by atoms with van der Waals surface area (Å²) < 4.78 is 10.9. The third-order valence-corrected chi connectivity index (χ3v) is 4.81. The lowest BCUT2D eigenvalue weighted by atomic mass is 9.91. The molecule has 1 aliphatic rings. The van der Waals surface area contributed by atoms with Crippen molar-refractivity contribution >= 4 is 0 Å². The highest BCUT2D eigenvalue weighted by molar-refractivity contribution is 5.44. The van der Waals surface area contributed by atoms with E-state index in [-0.39, 0.29) is 0 Å². The molecule has 0 bridgehead atoms. The van der Waals surface area contributed by atoms with Gasteiger partial charge >= 0.3 is 0 Å². The van der Waals surface area contributed by atoms with Gasteiger partial charge in [-0.05, 0) is 55.8 Å². The summed E-state index contributed by atoms with van der Waals surface area (Å²) in [6.07, 6.45) is 2.31. The molecule has 0 saturated heterocycles. The Labute approximate surface area is 142 Å². The summed E-state index contributed by atoms with van der Waals surface area (Å²) in [5, 5.41) is 0. The van der Waals surface area contributed by atoms with Crippen LogP contribution in [0, 0.1) is 11.8 Å². The van der Waals surface area contributed by atoms with E-state index in [1.54, 1.807) is 0 Å². The standard InChI is InChI=1S/C20H33NO2/c1-7-21(18(15(4)5)10-14(2)3)16(6)11-17-8-9-19-20(12-17)23-13-22-19/h8-9,12,14-16,18H,7,10-11,13H2,1-6H3. The smallest absolute Gasteiger partial charge is 0.231 e. The van der Waals surface area contributed by atoms with E-state index >= 15 is 0 Å². The molecular weight excluding hydrogens is 286 g/mol. The molecule has 0 saturated carbocycles. The van der Waals surface area contributed by atoms with E-state index in [9.17, 15) is 0 Å². The van der Waals surface area contributed by atoms with E-state index in [0.29, 0.717) is 24.8 Å². The normalized spacial score (nSPS) is 16.4. The minimum atomic E-state index is 0.346. The maximum absolute atomic E-state index is 5.51. The van der Waals surface area contributed by atoms with Gasteiger partial charge in [-0.15, -0.1) is 0 Å². The van der Waals surface area contributed by atoms with Crippen molar-refractivity contribution < 1.29 is 9.47 Å². The second-order valence-electron chi connectivity index (χ2n) is 7.51. The molecule has 3 nitrogen and oxygen atoms in total. The van der Waals surface area contributed by atoms with Crippen molar-refractivity contribution in [3.63, 3.8) is 0 Å². The Morgan fingerprint density at radius 1 is 1.04 bits per heavy atom. The molecule has 0 amide bonds. The molecule has 23 heavy (non-hydrogen) atoms. The molecule has 130 valence electrons. The monoisotopic (exact) mass is 319 g/mol. The van der Waals surface area contributed by atoms with Gasteiger partial charge in [-0.2, -0.15) is 0 Å². The van der Waals surface area contributed by atoms with Crippen LogP contribution in [0.5, 0.6) is 11.5 Å². The van der Waals surface area contributed by atoms with Gasteiger partial charge in [0.05, 0.1) is 0 Å². The van der Waals surface area contributed by atoms with Crippen LogP contribution in [-0.2, 0) is 6.42 Å². The summed E-state index contributed by atoms with van der Waals surface area (Å²) in [4.78, 5) is 2.68. The zero-order valence-corrected chi connectivity index (χ0v) is 15.6. The molecule has 1 aromatic carbocycles. The summed E-state index contributed by atoms with van der Waals surface area (Å²) in [6, 6.07) is 7.51. The van der Waals surface area contributed by atoms with E-state index in [2.05, 4.69) is 58.6 Å². The average molecular weight is 319 g/mol. The number of likely N-dealkylation sites (N-methyl/N-ethyl adjacent to an activating group) is 1. The molecule has 1 aromatic rings. The lowest BCUT2D eigenvalue weighted by Crippen LogP contribution is -2.46. The molecule has 0 radical (unpaired) electrons. The van der Waals surface area contributed by atoms with Crippen LogP contribution in [0.25, 0.3) is 0 Å². The van der Waals surface area contributed by atoms with Crippen molar-refractivity contribution in [2.45, 2.75) is 66.5 Å². The van der Waals surface area contributed by atoms with Gasteiger partial charge in [0.15, 0.2) is 11.5 Å². The molecule has 2 rings (SSSR count). The molecule has 1 heterocycles. The van der Waals surface area contributed by atoms with Crippen LogP contribution in [0.3, 0.4) is 0 Å². The Hall–Kier alpha value is -1.22. The Balaban J connectivity index is 2.07. The number of fused-ring (bicyclic) bond motifs is 1. The lowest BCUT2D eigenvalue weighted by Gasteiger charge is -2.39. The molecule has 0 aromatic heterocycles. The van der Waals surface area contributed by atoms with Gasteiger partial charge in [-0.3, -0.25) is 4.90 Å². The van der Waals surface area contributed by atoms with Gasteiger partial charge < -0.3 is 9.47 Å². The fraction of sp³-hybridized carbons (Fsp3) is 0.700. The van der Waals surface area contributed by atoms with E-state index in [1.807, 2.05) is 6.07 Å². The summed E-state index contributed by atoms with van der Waals surface area (Å²) >= 11 is 0. The summed E-state index contributed by atoms with van der Waals surface area (Å²) in [5.41, 5.74) is 1.33. The largest absolute Gasteiger partial charge is 0.454 e. The predicted molar refractivity (Wildman–Crippen MR) is 96.2 cm³/mol. The first-order chi connectivity index (χ1) is 10.9. The minimum absolute atomic E-state index is 0.346. The van der Waals surface area contributed by atoms with E-state index < -0.39 is 0 Å². The van der Waals surface area contributed by atoms with E-state index in [1.165, 1.54) is 12.0 Å². The Bertz CT molecular complexity index is 498. The summed E-state index contributed by atoms with van der Waals surface area (Å²) in [5.74, 6) is 3.17. The van der Waals surface area contributed by atoms with Crippen LogP contribution in [0.15, 0.2) is 18.2 Å². The van der Waals surface area contributed by atoms with Gasteiger partial charge in [0, 0.05) is 12.1 Å². The predicted octanol–water partition coefficient (Wildman–Crippen LogP) is 4.74. The highest BCUT2D eigenvalue weighted by Gasteiger charge is 2.26. The number of hydrogen-bond donors (Lipinski definition) is 0. The molecule has 0 spiro atoms. The first-order valence-electron chi connectivity index (χ1n) is 9.06. The molecule has 0 fully saturated rings. The molecule has 2 unspecified atom stereocenters. The highest BCUT2D eigenvalue weighted by Crippen LogP contribution is 2.33. The van der Waals surface area contributed by atoms with Crippen LogP contribution in [-0.4, -0.2) is 30.3 Å². The first-order valence-corrected chi connectivity index (χ1v) is 9.06. The van der Waals surface area contributed by atoms with Crippen molar-refractivity contribution in [1.29, 1.82) is 0 Å². The third kappa shape index (κ3) is 4.63. The van der Waals surface area contributed by atoms with Crippen molar-refractivity contribution in [2.24, 2.45) is 11.8 Å². The Morgan fingerprint density at radius 2 is 1.74 bits per heavy atom. The average Bonchev–Trinajstić information content (AvgIpc) is 2.94. The molecule has 2 atom stereocenters. The van der Waals surface area contributed by atoms with Crippen LogP contribution in [0.2, 0.25) is 0 Å². The van der Waals surface area contributed by atoms with Gasteiger partial charge in [-0.25, -0.2) is 0 Å².